The molecule has 1 nitrogen and oxygen atoms in total. The monoisotopic (exact) mass is 373 g/mol. The maximum atomic E-state index is 13.1. The van der Waals surface area contributed by atoms with Crippen molar-refractivity contribution in [3.63, 3.8) is 0 Å². The number of hydrogen-bond donors (Lipinski definition) is 1. The molecular formula is C15H14F2IN. The van der Waals surface area contributed by atoms with Gasteiger partial charge in [-0.05, 0) is 64.9 Å². The van der Waals surface area contributed by atoms with E-state index in [1.165, 1.54) is 15.2 Å². The molecule has 0 saturated heterocycles. The molecule has 0 spiro atoms. The Balaban J connectivity index is 1.98. The molecule has 0 aliphatic heterocycles. The number of nitrogens with one attached hydrogen (secondary N) is 1. The van der Waals surface area contributed by atoms with E-state index < -0.39 is 11.6 Å². The SMILES string of the molecule is CC(NCc1ccc(F)c(F)c1)c1ccc(I)cc1. The Bertz CT molecular complexity index is 555. The molecule has 0 saturated carbocycles. The van der Waals surface area contributed by atoms with E-state index in [0.29, 0.717) is 6.54 Å². The molecule has 2 aromatic carbocycles. The predicted molar refractivity (Wildman–Crippen MR) is 80.8 cm³/mol. The van der Waals surface area contributed by atoms with Gasteiger partial charge in [-0.2, -0.15) is 0 Å². The van der Waals surface area contributed by atoms with E-state index in [4.69, 9.17) is 0 Å². The van der Waals surface area contributed by atoms with E-state index in [1.807, 2.05) is 19.1 Å². The van der Waals surface area contributed by atoms with E-state index in [2.05, 4.69) is 40.0 Å². The summed E-state index contributed by atoms with van der Waals surface area (Å²) < 4.78 is 27.1. The zero-order valence-corrected chi connectivity index (χ0v) is 12.6. The summed E-state index contributed by atoms with van der Waals surface area (Å²) in [5, 5.41) is 3.29. The Labute approximate surface area is 125 Å². The van der Waals surface area contributed by atoms with Gasteiger partial charge in [0.25, 0.3) is 0 Å². The fraction of sp³-hybridized carbons (Fsp3) is 0.200. The fourth-order valence-corrected chi connectivity index (χ4v) is 2.15. The molecule has 0 bridgehead atoms. The topological polar surface area (TPSA) is 12.0 Å². The Kier molecular flexibility index (Phi) is 4.87. The van der Waals surface area contributed by atoms with Crippen molar-refractivity contribution in [2.75, 3.05) is 0 Å². The molecule has 100 valence electrons. The van der Waals surface area contributed by atoms with E-state index in [1.54, 1.807) is 6.07 Å². The largest absolute Gasteiger partial charge is 0.306 e. The molecule has 0 radical (unpaired) electrons. The van der Waals surface area contributed by atoms with Crippen LogP contribution >= 0.6 is 22.6 Å². The third kappa shape index (κ3) is 3.98. The molecule has 1 unspecified atom stereocenters. The van der Waals surface area contributed by atoms with Gasteiger partial charge in [-0.25, -0.2) is 8.78 Å². The highest BCUT2D eigenvalue weighted by Crippen LogP contribution is 2.15. The van der Waals surface area contributed by atoms with Gasteiger partial charge in [0.1, 0.15) is 0 Å². The Morgan fingerprint density at radius 1 is 1.05 bits per heavy atom. The standard InChI is InChI=1S/C15H14F2IN/c1-10(12-3-5-13(18)6-4-12)19-9-11-2-7-14(16)15(17)8-11/h2-8,10,19H,9H2,1H3. The van der Waals surface area contributed by atoms with E-state index in [0.717, 1.165) is 11.6 Å². The minimum Gasteiger partial charge on any atom is -0.306 e. The van der Waals surface area contributed by atoms with Crippen molar-refractivity contribution in [1.82, 2.24) is 5.32 Å². The third-order valence-corrected chi connectivity index (χ3v) is 3.69. The van der Waals surface area contributed by atoms with Crippen LogP contribution in [0.3, 0.4) is 0 Å². The number of halogens is 3. The average molecular weight is 373 g/mol. The van der Waals surface area contributed by atoms with Crippen LogP contribution in [-0.4, -0.2) is 0 Å². The van der Waals surface area contributed by atoms with Crippen molar-refractivity contribution in [2.45, 2.75) is 19.5 Å². The van der Waals surface area contributed by atoms with Crippen molar-refractivity contribution < 1.29 is 8.78 Å². The first-order valence-electron chi connectivity index (χ1n) is 5.99. The minimum atomic E-state index is -0.811. The van der Waals surface area contributed by atoms with Crippen LogP contribution < -0.4 is 5.32 Å². The second-order valence-corrected chi connectivity index (χ2v) is 5.65. The number of rotatable bonds is 4. The first-order chi connectivity index (χ1) is 9.06. The van der Waals surface area contributed by atoms with Crippen LogP contribution in [0, 0.1) is 15.2 Å². The lowest BCUT2D eigenvalue weighted by molar-refractivity contribution is 0.504. The number of benzene rings is 2. The molecule has 0 aromatic heterocycles. The molecule has 19 heavy (non-hydrogen) atoms. The Morgan fingerprint density at radius 2 is 1.74 bits per heavy atom. The summed E-state index contributed by atoms with van der Waals surface area (Å²) in [6, 6.07) is 12.3. The van der Waals surface area contributed by atoms with Gasteiger partial charge in [0.05, 0.1) is 0 Å². The second-order valence-electron chi connectivity index (χ2n) is 4.40. The second kappa shape index (κ2) is 6.43. The normalized spacial score (nSPS) is 12.4. The van der Waals surface area contributed by atoms with Gasteiger partial charge in [0.2, 0.25) is 0 Å². The van der Waals surface area contributed by atoms with Crippen molar-refractivity contribution in [3.8, 4) is 0 Å². The average Bonchev–Trinajstić information content (AvgIpc) is 2.40. The highest BCUT2D eigenvalue weighted by Gasteiger charge is 2.06. The van der Waals surface area contributed by atoms with Crippen LogP contribution in [0.15, 0.2) is 42.5 Å². The van der Waals surface area contributed by atoms with Crippen molar-refractivity contribution in [1.29, 1.82) is 0 Å². The van der Waals surface area contributed by atoms with Crippen molar-refractivity contribution in [3.05, 3.63) is 68.8 Å². The van der Waals surface area contributed by atoms with E-state index in [-0.39, 0.29) is 6.04 Å². The van der Waals surface area contributed by atoms with Gasteiger partial charge in [-0.3, -0.25) is 0 Å². The first kappa shape index (κ1) is 14.4. The van der Waals surface area contributed by atoms with Crippen LogP contribution in [0.4, 0.5) is 8.78 Å². The summed E-state index contributed by atoms with van der Waals surface area (Å²) in [7, 11) is 0. The van der Waals surface area contributed by atoms with Gasteiger partial charge >= 0.3 is 0 Å². The van der Waals surface area contributed by atoms with Crippen LogP contribution in [0.2, 0.25) is 0 Å². The van der Waals surface area contributed by atoms with Gasteiger partial charge in [0.15, 0.2) is 11.6 Å². The third-order valence-electron chi connectivity index (χ3n) is 2.97. The Hall–Kier alpha value is -1.01. The van der Waals surface area contributed by atoms with Crippen molar-refractivity contribution >= 4 is 22.6 Å². The summed E-state index contributed by atoms with van der Waals surface area (Å²) in [4.78, 5) is 0. The molecule has 0 amide bonds. The maximum Gasteiger partial charge on any atom is 0.159 e. The molecule has 1 atom stereocenters. The molecule has 0 aliphatic rings. The number of hydrogen-bond acceptors (Lipinski definition) is 1. The summed E-state index contributed by atoms with van der Waals surface area (Å²) in [6.07, 6.45) is 0. The van der Waals surface area contributed by atoms with Gasteiger partial charge < -0.3 is 5.32 Å². The van der Waals surface area contributed by atoms with Crippen molar-refractivity contribution in [2.24, 2.45) is 0 Å². The van der Waals surface area contributed by atoms with Gasteiger partial charge in [-0.1, -0.05) is 18.2 Å². The molecule has 0 heterocycles. The predicted octanol–water partition coefficient (Wildman–Crippen LogP) is 4.42. The minimum absolute atomic E-state index is 0.158. The Morgan fingerprint density at radius 3 is 2.37 bits per heavy atom. The zero-order valence-electron chi connectivity index (χ0n) is 10.5. The van der Waals surface area contributed by atoms with Crippen LogP contribution in [0.1, 0.15) is 24.1 Å². The summed E-state index contributed by atoms with van der Waals surface area (Å²) in [5.41, 5.74) is 1.90. The summed E-state index contributed by atoms with van der Waals surface area (Å²) in [6.45, 7) is 2.55. The molecule has 2 aromatic rings. The molecule has 2 rings (SSSR count). The summed E-state index contributed by atoms with van der Waals surface area (Å²) >= 11 is 2.26. The molecule has 0 fully saturated rings. The lowest BCUT2D eigenvalue weighted by atomic mass is 10.1. The van der Waals surface area contributed by atoms with Crippen LogP contribution in [0.25, 0.3) is 0 Å². The first-order valence-corrected chi connectivity index (χ1v) is 7.07. The van der Waals surface area contributed by atoms with E-state index in [9.17, 15) is 8.78 Å². The van der Waals surface area contributed by atoms with Gasteiger partial charge in [0, 0.05) is 16.2 Å². The van der Waals surface area contributed by atoms with Gasteiger partial charge in [-0.15, -0.1) is 0 Å². The molecule has 4 heteroatoms. The molecular weight excluding hydrogens is 359 g/mol. The zero-order chi connectivity index (χ0) is 13.8. The highest BCUT2D eigenvalue weighted by atomic mass is 127. The van der Waals surface area contributed by atoms with E-state index >= 15 is 0 Å². The highest BCUT2D eigenvalue weighted by molar-refractivity contribution is 14.1. The maximum absolute atomic E-state index is 13.1. The lowest BCUT2D eigenvalue weighted by Crippen LogP contribution is -2.18. The quantitative estimate of drug-likeness (QED) is 0.783. The van der Waals surface area contributed by atoms with Crippen LogP contribution in [-0.2, 0) is 6.54 Å². The molecule has 1 N–H and O–H groups in total. The lowest BCUT2D eigenvalue weighted by Gasteiger charge is -2.14. The fourth-order valence-electron chi connectivity index (χ4n) is 1.79. The summed E-state index contributed by atoms with van der Waals surface area (Å²) in [5.74, 6) is -1.62. The smallest absolute Gasteiger partial charge is 0.159 e. The van der Waals surface area contributed by atoms with Crippen LogP contribution in [0.5, 0.6) is 0 Å². The molecule has 0 aliphatic carbocycles.